The van der Waals surface area contributed by atoms with Crippen LogP contribution in [-0.4, -0.2) is 29.5 Å². The van der Waals surface area contributed by atoms with Crippen molar-refractivity contribution in [3.05, 3.63) is 23.9 Å². The van der Waals surface area contributed by atoms with Gasteiger partial charge >= 0.3 is 0 Å². The maximum absolute atomic E-state index is 4.60. The number of nitrogens with zero attached hydrogens (tertiary/aromatic N) is 2. The van der Waals surface area contributed by atoms with Crippen LogP contribution in [0.3, 0.4) is 0 Å². The van der Waals surface area contributed by atoms with Gasteiger partial charge in [0, 0.05) is 30.9 Å². The lowest BCUT2D eigenvalue weighted by Crippen LogP contribution is -2.36. The fraction of sp³-hybridized carbons (Fsp3) is 0.722. The summed E-state index contributed by atoms with van der Waals surface area (Å²) in [6.07, 6.45) is 8.27. The lowest BCUT2D eigenvalue weighted by atomic mass is 9.94. The van der Waals surface area contributed by atoms with Crippen LogP contribution in [0.1, 0.15) is 64.5 Å². The molecule has 1 unspecified atom stereocenters. The number of anilines is 1. The van der Waals surface area contributed by atoms with Gasteiger partial charge in [0.15, 0.2) is 0 Å². The summed E-state index contributed by atoms with van der Waals surface area (Å²) in [5.74, 6) is 1.82. The van der Waals surface area contributed by atoms with E-state index in [1.54, 1.807) is 0 Å². The number of unbranched alkanes of at least 4 members (excludes halogenated alkanes) is 1. The van der Waals surface area contributed by atoms with Gasteiger partial charge in [-0.1, -0.05) is 39.7 Å². The third-order valence-corrected chi connectivity index (χ3v) is 4.23. The number of likely N-dealkylation sites (tertiary alicyclic amines) is 1. The third kappa shape index (κ3) is 4.70. The SMILES string of the molecule is CCCCNc1ncccc1C1CCCCN1CC(C)C. The molecule has 3 nitrogen and oxygen atoms in total. The molecule has 0 radical (unpaired) electrons. The first-order chi connectivity index (χ1) is 10.2. The van der Waals surface area contributed by atoms with E-state index in [0.717, 1.165) is 18.3 Å². The fourth-order valence-corrected chi connectivity index (χ4v) is 3.25. The number of nitrogens with one attached hydrogen (secondary N) is 1. The highest BCUT2D eigenvalue weighted by Gasteiger charge is 2.26. The van der Waals surface area contributed by atoms with Gasteiger partial charge in [-0.05, 0) is 37.8 Å². The van der Waals surface area contributed by atoms with Crippen LogP contribution >= 0.6 is 0 Å². The van der Waals surface area contributed by atoms with Crippen molar-refractivity contribution in [2.45, 2.75) is 58.9 Å². The molecule has 0 amide bonds. The van der Waals surface area contributed by atoms with Gasteiger partial charge in [0.05, 0.1) is 0 Å². The monoisotopic (exact) mass is 289 g/mol. The van der Waals surface area contributed by atoms with Crippen molar-refractivity contribution in [3.8, 4) is 0 Å². The number of hydrogen-bond donors (Lipinski definition) is 1. The van der Waals surface area contributed by atoms with E-state index in [4.69, 9.17) is 0 Å². The van der Waals surface area contributed by atoms with Gasteiger partial charge in [0.1, 0.15) is 5.82 Å². The minimum Gasteiger partial charge on any atom is -0.370 e. The van der Waals surface area contributed by atoms with Gasteiger partial charge in [0.2, 0.25) is 0 Å². The zero-order chi connectivity index (χ0) is 15.1. The van der Waals surface area contributed by atoms with Crippen molar-refractivity contribution >= 4 is 5.82 Å². The van der Waals surface area contributed by atoms with Crippen LogP contribution in [0.25, 0.3) is 0 Å². The molecule has 1 aromatic heterocycles. The van der Waals surface area contributed by atoms with Crippen LogP contribution in [0, 0.1) is 5.92 Å². The molecule has 2 rings (SSSR count). The van der Waals surface area contributed by atoms with Crippen LogP contribution < -0.4 is 5.32 Å². The van der Waals surface area contributed by atoms with Gasteiger partial charge in [0.25, 0.3) is 0 Å². The molecular formula is C18H31N3. The predicted molar refractivity (Wildman–Crippen MR) is 90.6 cm³/mol. The standard InChI is InChI=1S/C18H31N3/c1-4-5-11-19-18-16(9-8-12-20-18)17-10-6-7-13-21(17)14-15(2)3/h8-9,12,15,17H,4-7,10-11,13-14H2,1-3H3,(H,19,20). The fourth-order valence-electron chi connectivity index (χ4n) is 3.25. The van der Waals surface area contributed by atoms with E-state index >= 15 is 0 Å². The van der Waals surface area contributed by atoms with E-state index in [2.05, 4.69) is 48.1 Å². The van der Waals surface area contributed by atoms with E-state index in [0.29, 0.717) is 6.04 Å². The average Bonchev–Trinajstić information content (AvgIpc) is 2.48. The summed E-state index contributed by atoms with van der Waals surface area (Å²) in [5, 5.41) is 3.55. The number of hydrogen-bond acceptors (Lipinski definition) is 3. The van der Waals surface area contributed by atoms with Crippen LogP contribution in [0.2, 0.25) is 0 Å². The molecule has 1 aromatic rings. The van der Waals surface area contributed by atoms with Crippen LogP contribution in [0.5, 0.6) is 0 Å². The van der Waals surface area contributed by atoms with Gasteiger partial charge < -0.3 is 5.32 Å². The van der Waals surface area contributed by atoms with E-state index < -0.39 is 0 Å². The molecule has 1 fully saturated rings. The quantitative estimate of drug-likeness (QED) is 0.750. The maximum atomic E-state index is 4.60. The minimum absolute atomic E-state index is 0.541. The maximum Gasteiger partial charge on any atom is 0.130 e. The molecule has 0 saturated carbocycles. The Kier molecular flexibility index (Phi) is 6.50. The van der Waals surface area contributed by atoms with Crippen molar-refractivity contribution in [1.82, 2.24) is 9.88 Å². The van der Waals surface area contributed by atoms with E-state index in [1.807, 2.05) is 6.20 Å². The first-order valence-corrected chi connectivity index (χ1v) is 8.65. The summed E-state index contributed by atoms with van der Waals surface area (Å²) < 4.78 is 0. The Labute approximate surface area is 130 Å². The Morgan fingerprint density at radius 2 is 2.24 bits per heavy atom. The predicted octanol–water partition coefficient (Wildman–Crippen LogP) is 4.48. The largest absolute Gasteiger partial charge is 0.370 e. The first kappa shape index (κ1) is 16.3. The zero-order valence-corrected chi connectivity index (χ0v) is 13.9. The molecule has 21 heavy (non-hydrogen) atoms. The summed E-state index contributed by atoms with van der Waals surface area (Å²) in [6.45, 7) is 10.3. The second-order valence-electron chi connectivity index (χ2n) is 6.62. The lowest BCUT2D eigenvalue weighted by Gasteiger charge is -2.37. The molecule has 1 atom stereocenters. The Morgan fingerprint density at radius 3 is 3.00 bits per heavy atom. The normalized spacial score (nSPS) is 19.9. The van der Waals surface area contributed by atoms with Crippen molar-refractivity contribution in [2.75, 3.05) is 25.0 Å². The molecular weight excluding hydrogens is 258 g/mol. The molecule has 1 aliphatic heterocycles. The smallest absolute Gasteiger partial charge is 0.130 e. The Morgan fingerprint density at radius 1 is 1.38 bits per heavy atom. The number of piperidine rings is 1. The van der Waals surface area contributed by atoms with Crippen LogP contribution in [0.4, 0.5) is 5.82 Å². The summed E-state index contributed by atoms with van der Waals surface area (Å²) in [5.41, 5.74) is 1.40. The van der Waals surface area contributed by atoms with E-state index in [1.165, 1.54) is 50.8 Å². The molecule has 3 heteroatoms. The minimum atomic E-state index is 0.541. The molecule has 0 spiro atoms. The second-order valence-corrected chi connectivity index (χ2v) is 6.62. The van der Waals surface area contributed by atoms with Gasteiger partial charge in [-0.15, -0.1) is 0 Å². The molecule has 0 bridgehead atoms. The zero-order valence-electron chi connectivity index (χ0n) is 13.9. The highest BCUT2D eigenvalue weighted by Crippen LogP contribution is 2.34. The second kappa shape index (κ2) is 8.38. The lowest BCUT2D eigenvalue weighted by molar-refractivity contribution is 0.132. The van der Waals surface area contributed by atoms with Crippen LogP contribution in [-0.2, 0) is 0 Å². The molecule has 1 N–H and O–H groups in total. The molecule has 1 saturated heterocycles. The summed E-state index contributed by atoms with van der Waals surface area (Å²) in [7, 11) is 0. The van der Waals surface area contributed by atoms with Gasteiger partial charge in [-0.25, -0.2) is 4.98 Å². The van der Waals surface area contributed by atoms with E-state index in [9.17, 15) is 0 Å². The van der Waals surface area contributed by atoms with Crippen molar-refractivity contribution in [1.29, 1.82) is 0 Å². The summed E-state index contributed by atoms with van der Waals surface area (Å²) >= 11 is 0. The summed E-state index contributed by atoms with van der Waals surface area (Å²) in [6, 6.07) is 4.89. The molecule has 118 valence electrons. The highest BCUT2D eigenvalue weighted by molar-refractivity contribution is 5.45. The Balaban J connectivity index is 2.13. The molecule has 0 aromatic carbocycles. The highest BCUT2D eigenvalue weighted by atomic mass is 15.2. The number of aromatic nitrogens is 1. The number of pyridine rings is 1. The summed E-state index contributed by atoms with van der Waals surface area (Å²) in [4.78, 5) is 7.26. The molecule has 0 aliphatic carbocycles. The Hall–Kier alpha value is -1.09. The Bertz CT molecular complexity index is 417. The number of rotatable bonds is 7. The van der Waals surface area contributed by atoms with Gasteiger partial charge in [-0.2, -0.15) is 0 Å². The molecule has 1 aliphatic rings. The van der Waals surface area contributed by atoms with Crippen molar-refractivity contribution in [3.63, 3.8) is 0 Å². The topological polar surface area (TPSA) is 28.2 Å². The van der Waals surface area contributed by atoms with Crippen LogP contribution in [0.15, 0.2) is 18.3 Å². The first-order valence-electron chi connectivity index (χ1n) is 8.65. The van der Waals surface area contributed by atoms with Gasteiger partial charge in [-0.3, -0.25) is 4.90 Å². The van der Waals surface area contributed by atoms with E-state index in [-0.39, 0.29) is 0 Å². The van der Waals surface area contributed by atoms with Crippen molar-refractivity contribution < 1.29 is 0 Å². The van der Waals surface area contributed by atoms with Crippen molar-refractivity contribution in [2.24, 2.45) is 5.92 Å². The third-order valence-electron chi connectivity index (χ3n) is 4.23. The molecule has 2 heterocycles. The average molecular weight is 289 g/mol.